The zero-order valence-corrected chi connectivity index (χ0v) is 10.7. The number of para-hydroxylation sites is 1. The summed E-state index contributed by atoms with van der Waals surface area (Å²) < 4.78 is 0. The van der Waals surface area contributed by atoms with E-state index in [0.29, 0.717) is 12.1 Å². The lowest BCUT2D eigenvalue weighted by Crippen LogP contribution is -2.35. The zero-order valence-electron chi connectivity index (χ0n) is 10.7. The van der Waals surface area contributed by atoms with Gasteiger partial charge in [0.25, 0.3) is 0 Å². The molecule has 2 rings (SSSR count). The van der Waals surface area contributed by atoms with Gasteiger partial charge in [0, 0.05) is 12.1 Å². The molecule has 1 heterocycles. The van der Waals surface area contributed by atoms with Crippen LogP contribution in [0.25, 0.3) is 0 Å². The third kappa shape index (κ3) is 3.79. The molecule has 1 atom stereocenters. The van der Waals surface area contributed by atoms with Crippen molar-refractivity contribution in [1.29, 1.82) is 0 Å². The highest BCUT2D eigenvalue weighted by Gasteiger charge is 2.22. The monoisotopic (exact) mass is 262 g/mol. The Morgan fingerprint density at radius 1 is 1.37 bits per heavy atom. The molecule has 19 heavy (non-hydrogen) atoms. The number of aryl methyl sites for hydroxylation is 1. The highest BCUT2D eigenvalue weighted by molar-refractivity contribution is 5.95. The number of carboxylic acids is 1. The first-order valence-corrected chi connectivity index (χ1v) is 6.51. The molecule has 1 amide bonds. The predicted octanol–water partition coefficient (Wildman–Crippen LogP) is 1.39. The Hall–Kier alpha value is -1.88. The van der Waals surface area contributed by atoms with Crippen LogP contribution in [-0.4, -0.2) is 29.6 Å². The van der Waals surface area contributed by atoms with E-state index >= 15 is 0 Å². The van der Waals surface area contributed by atoms with Crippen molar-refractivity contribution in [3.05, 3.63) is 29.8 Å². The van der Waals surface area contributed by atoms with Crippen LogP contribution in [0.2, 0.25) is 0 Å². The van der Waals surface area contributed by atoms with Gasteiger partial charge in [0.15, 0.2) is 0 Å². The van der Waals surface area contributed by atoms with Gasteiger partial charge >= 0.3 is 5.97 Å². The minimum absolute atomic E-state index is 0.0414. The third-order valence-corrected chi connectivity index (χ3v) is 3.26. The van der Waals surface area contributed by atoms with Crippen molar-refractivity contribution in [1.82, 2.24) is 5.32 Å². The fraction of sp³-hybridized carbons (Fsp3) is 0.429. The number of nitrogens with one attached hydrogen (secondary N) is 2. The van der Waals surface area contributed by atoms with Gasteiger partial charge in [-0.25, -0.2) is 0 Å². The first kappa shape index (κ1) is 13.5. The number of hydrogen-bond donors (Lipinski definition) is 3. The molecule has 0 spiro atoms. The minimum atomic E-state index is -0.835. The number of amides is 1. The number of carboxylic acid groups (broad SMARTS) is 1. The fourth-order valence-corrected chi connectivity index (χ4v) is 2.23. The molecule has 102 valence electrons. The molecule has 0 bridgehead atoms. The second kappa shape index (κ2) is 6.33. The normalized spacial score (nSPS) is 18.2. The Morgan fingerprint density at radius 2 is 2.16 bits per heavy atom. The summed E-state index contributed by atoms with van der Waals surface area (Å²) in [7, 11) is 0. The van der Waals surface area contributed by atoms with E-state index in [0.717, 1.165) is 24.9 Å². The molecule has 5 heteroatoms. The second-order valence-electron chi connectivity index (χ2n) is 4.69. The summed E-state index contributed by atoms with van der Waals surface area (Å²) >= 11 is 0. The number of rotatable bonds is 5. The summed E-state index contributed by atoms with van der Waals surface area (Å²) in [5.74, 6) is -0.876. The first-order valence-electron chi connectivity index (χ1n) is 6.51. The van der Waals surface area contributed by atoms with Crippen LogP contribution in [0, 0.1) is 0 Å². The van der Waals surface area contributed by atoms with E-state index in [1.807, 2.05) is 24.3 Å². The molecule has 1 saturated heterocycles. The van der Waals surface area contributed by atoms with E-state index < -0.39 is 5.97 Å². The van der Waals surface area contributed by atoms with Crippen LogP contribution in [0.15, 0.2) is 24.3 Å². The molecule has 3 N–H and O–H groups in total. The summed E-state index contributed by atoms with van der Waals surface area (Å²) in [6, 6.07) is 7.21. The molecule has 1 aromatic rings. The van der Waals surface area contributed by atoms with Crippen molar-refractivity contribution in [3.63, 3.8) is 0 Å². The summed E-state index contributed by atoms with van der Waals surface area (Å²) in [6.45, 7) is 0.874. The topological polar surface area (TPSA) is 78.4 Å². The fourth-order valence-electron chi connectivity index (χ4n) is 2.23. The van der Waals surface area contributed by atoms with Gasteiger partial charge in [-0.3, -0.25) is 9.59 Å². The minimum Gasteiger partial charge on any atom is -0.481 e. The van der Waals surface area contributed by atoms with Crippen molar-refractivity contribution in [2.24, 2.45) is 0 Å². The molecule has 0 aliphatic carbocycles. The van der Waals surface area contributed by atoms with Crippen LogP contribution < -0.4 is 10.6 Å². The maximum atomic E-state index is 12.0. The molecule has 1 aliphatic heterocycles. The smallest absolute Gasteiger partial charge is 0.303 e. The molecule has 0 unspecified atom stereocenters. The van der Waals surface area contributed by atoms with E-state index in [1.165, 1.54) is 0 Å². The van der Waals surface area contributed by atoms with E-state index in [-0.39, 0.29) is 18.4 Å². The van der Waals surface area contributed by atoms with E-state index in [1.54, 1.807) is 0 Å². The molecular formula is C14H18N2O3. The largest absolute Gasteiger partial charge is 0.481 e. The van der Waals surface area contributed by atoms with Gasteiger partial charge in [0.05, 0.1) is 6.04 Å². The average Bonchev–Trinajstić information content (AvgIpc) is 2.91. The van der Waals surface area contributed by atoms with Crippen LogP contribution in [0.3, 0.4) is 0 Å². The maximum absolute atomic E-state index is 12.0. The number of hydrogen-bond acceptors (Lipinski definition) is 3. The predicted molar refractivity (Wildman–Crippen MR) is 72.1 cm³/mol. The van der Waals surface area contributed by atoms with Crippen molar-refractivity contribution < 1.29 is 14.7 Å². The Balaban J connectivity index is 2.02. The molecule has 0 aromatic heterocycles. The lowest BCUT2D eigenvalue weighted by molar-refractivity contribution is -0.136. The van der Waals surface area contributed by atoms with Crippen molar-refractivity contribution in [2.45, 2.75) is 31.7 Å². The van der Waals surface area contributed by atoms with Crippen LogP contribution in [0.1, 0.15) is 24.8 Å². The number of aliphatic carboxylic acids is 1. The Bertz CT molecular complexity index is 468. The number of anilines is 1. The quantitative estimate of drug-likeness (QED) is 0.749. The van der Waals surface area contributed by atoms with E-state index in [4.69, 9.17) is 5.11 Å². The van der Waals surface area contributed by atoms with Gasteiger partial charge in [-0.2, -0.15) is 0 Å². The number of carbonyl (C=O) groups is 2. The molecule has 1 aliphatic rings. The van der Waals surface area contributed by atoms with Crippen molar-refractivity contribution >= 4 is 17.6 Å². The summed E-state index contributed by atoms with van der Waals surface area (Å²) in [5, 5.41) is 14.7. The van der Waals surface area contributed by atoms with Crippen LogP contribution in [-0.2, 0) is 16.0 Å². The highest BCUT2D eigenvalue weighted by atomic mass is 16.4. The maximum Gasteiger partial charge on any atom is 0.303 e. The standard InChI is InChI=1S/C14H18N2O3/c17-13(18)8-7-10-4-1-2-5-11(10)16-14(19)12-6-3-9-15-12/h1-2,4-5,12,15H,3,6-9H2,(H,16,19)(H,17,18)/t12-/m0/s1. The molecular weight excluding hydrogens is 244 g/mol. The summed E-state index contributed by atoms with van der Waals surface area (Å²) in [6.07, 6.45) is 2.35. The summed E-state index contributed by atoms with van der Waals surface area (Å²) in [4.78, 5) is 22.6. The lowest BCUT2D eigenvalue weighted by Gasteiger charge is -2.14. The molecule has 1 aromatic carbocycles. The molecule has 5 nitrogen and oxygen atoms in total. The Labute approximate surface area is 112 Å². The third-order valence-electron chi connectivity index (χ3n) is 3.26. The molecule has 0 radical (unpaired) electrons. The Morgan fingerprint density at radius 3 is 2.84 bits per heavy atom. The van der Waals surface area contributed by atoms with Gasteiger partial charge in [-0.1, -0.05) is 18.2 Å². The first-order chi connectivity index (χ1) is 9.16. The van der Waals surface area contributed by atoms with Crippen LogP contribution in [0.5, 0.6) is 0 Å². The average molecular weight is 262 g/mol. The van der Waals surface area contributed by atoms with E-state index in [2.05, 4.69) is 10.6 Å². The number of benzene rings is 1. The molecule has 1 fully saturated rings. The Kier molecular flexibility index (Phi) is 4.52. The molecule has 0 saturated carbocycles. The highest BCUT2D eigenvalue weighted by Crippen LogP contribution is 2.18. The van der Waals surface area contributed by atoms with Gasteiger partial charge in [-0.15, -0.1) is 0 Å². The van der Waals surface area contributed by atoms with Crippen molar-refractivity contribution in [2.75, 3.05) is 11.9 Å². The summed E-state index contributed by atoms with van der Waals surface area (Å²) in [5.41, 5.74) is 1.57. The lowest BCUT2D eigenvalue weighted by atomic mass is 10.1. The van der Waals surface area contributed by atoms with Gasteiger partial charge < -0.3 is 15.7 Å². The van der Waals surface area contributed by atoms with E-state index in [9.17, 15) is 9.59 Å². The van der Waals surface area contributed by atoms with Gasteiger partial charge in [0.1, 0.15) is 0 Å². The zero-order chi connectivity index (χ0) is 13.7. The van der Waals surface area contributed by atoms with Crippen LogP contribution >= 0.6 is 0 Å². The van der Waals surface area contributed by atoms with Crippen molar-refractivity contribution in [3.8, 4) is 0 Å². The van der Waals surface area contributed by atoms with Gasteiger partial charge in [-0.05, 0) is 37.4 Å². The van der Waals surface area contributed by atoms with Crippen LogP contribution in [0.4, 0.5) is 5.69 Å². The number of carbonyl (C=O) groups excluding carboxylic acids is 1. The SMILES string of the molecule is O=C(O)CCc1ccccc1NC(=O)[C@@H]1CCCN1. The van der Waals surface area contributed by atoms with Gasteiger partial charge in [0.2, 0.25) is 5.91 Å². The second-order valence-corrected chi connectivity index (χ2v) is 4.69.